The molecule has 1 saturated heterocycles. The fourth-order valence-electron chi connectivity index (χ4n) is 9.61. The van der Waals surface area contributed by atoms with Crippen LogP contribution in [0.2, 0.25) is 0 Å². The Labute approximate surface area is 531 Å². The highest BCUT2D eigenvalue weighted by molar-refractivity contribution is 8.00. The van der Waals surface area contributed by atoms with Gasteiger partial charge in [0, 0.05) is 94.6 Å². The van der Waals surface area contributed by atoms with Gasteiger partial charge in [0.25, 0.3) is 5.91 Å². The number of ether oxygens (including phenoxy) is 2. The average molecular weight is 1290 g/mol. The van der Waals surface area contributed by atoms with Crippen molar-refractivity contribution in [1.29, 1.82) is 0 Å². The summed E-state index contributed by atoms with van der Waals surface area (Å²) in [6, 6.07) is 0.730. The standard InChI is InChI=1S/C61H97N11O15S2/c1-13-38(4)52(69-60(85)61(8,9)70(10)11)58(82)71(46(37(2)3)34-47(87-41(7)74)56-68-45(36-89-56)55(80)66-43(32-39(5)59(83)84)33-42-20-14-16-24-62-42)28-19-26-64-53(78)40(6)65-54(79)44(21-15-17-25-63-49(75)23-30-86-31-29-73)67-50(76)22-18-27-72-51(77)35-48(88-12)57(72)81/h14,16,20,24,36-40,43-44,46-48,52,73H,13,15,17-19,21-23,25-35H2,1-12H3,(H,63,75)(H,64,78)(H,65,79)(H,66,80)(H,67,76)(H,69,85)(H,83,84)/t38?,39?,40?,43-,44?,46-,47-,48?,52+/m1/s1. The van der Waals surface area contributed by atoms with Gasteiger partial charge < -0.3 is 56.5 Å². The van der Waals surface area contributed by atoms with Gasteiger partial charge in [0.2, 0.25) is 47.3 Å². The quantitative estimate of drug-likeness (QED) is 0.0269. The molecule has 0 bridgehead atoms. The minimum Gasteiger partial charge on any atom is -0.481 e. The number of likely N-dealkylation sites (tertiary alicyclic amines) is 1. The zero-order valence-electron chi connectivity index (χ0n) is 53.8. The number of amides is 9. The van der Waals surface area contributed by atoms with Gasteiger partial charge in [-0.1, -0.05) is 47.1 Å². The van der Waals surface area contributed by atoms with Crippen molar-refractivity contribution in [2.24, 2.45) is 17.8 Å². The molecule has 3 rings (SSSR count). The molecule has 1 aliphatic heterocycles. The number of unbranched alkanes of at least 4 members (excludes halogenated alkanes) is 1. The lowest BCUT2D eigenvalue weighted by molar-refractivity contribution is -0.150. The molecule has 2 aromatic rings. The molecule has 498 valence electrons. The Balaban J connectivity index is 1.88. The monoisotopic (exact) mass is 1290 g/mol. The molecule has 5 unspecified atom stereocenters. The summed E-state index contributed by atoms with van der Waals surface area (Å²) in [5, 5.41) is 36.9. The summed E-state index contributed by atoms with van der Waals surface area (Å²) in [7, 11) is 3.51. The summed E-state index contributed by atoms with van der Waals surface area (Å²) in [5.74, 6) is -7.20. The zero-order chi connectivity index (χ0) is 66.5. The number of thioether (sulfide) groups is 1. The third-order valence-electron chi connectivity index (χ3n) is 15.8. The fourth-order valence-corrected chi connectivity index (χ4v) is 11.1. The Morgan fingerprint density at radius 1 is 0.876 bits per heavy atom. The predicted molar refractivity (Wildman–Crippen MR) is 336 cm³/mol. The SMILES string of the molecule is CCC(C)[C@H](NC(=O)C(C)(C)N(C)C)C(=O)N(CCCNC(=O)C(C)NC(=O)C(CCCCNC(=O)CCOCCO)NC(=O)CCCN1C(=O)CC(SC)C1=O)[C@H](C[C@@H](OC(C)=O)c1nc(C(=O)N[C@@H](Cc2ccccn2)CC(C)C(=O)O)cs1)C(C)C. The molecule has 0 spiro atoms. The number of aliphatic hydroxyl groups excluding tert-OH is 1. The molecule has 9 atom stereocenters. The lowest BCUT2D eigenvalue weighted by Crippen LogP contribution is -2.60. The van der Waals surface area contributed by atoms with E-state index in [0.29, 0.717) is 25.0 Å². The molecule has 28 heteroatoms. The van der Waals surface area contributed by atoms with Gasteiger partial charge in [0.15, 0.2) is 6.10 Å². The number of carbonyl (C=O) groups is 11. The maximum absolute atomic E-state index is 15.3. The minimum absolute atomic E-state index is 0.0000796. The molecule has 0 aromatic carbocycles. The molecule has 1 fully saturated rings. The van der Waals surface area contributed by atoms with Crippen LogP contribution in [0.1, 0.15) is 160 Å². The summed E-state index contributed by atoms with van der Waals surface area (Å²) in [6.45, 7) is 15.7. The summed E-state index contributed by atoms with van der Waals surface area (Å²) < 4.78 is 11.1. The van der Waals surface area contributed by atoms with E-state index >= 15 is 4.79 Å². The summed E-state index contributed by atoms with van der Waals surface area (Å²) in [4.78, 5) is 160. The second-order valence-electron chi connectivity index (χ2n) is 23.6. The Kier molecular flexibility index (Phi) is 33.4. The van der Waals surface area contributed by atoms with Crippen molar-refractivity contribution < 1.29 is 72.4 Å². The van der Waals surface area contributed by atoms with Crippen molar-refractivity contribution in [3.8, 4) is 0 Å². The van der Waals surface area contributed by atoms with Crippen LogP contribution >= 0.6 is 23.1 Å². The third kappa shape index (κ3) is 25.7. The van der Waals surface area contributed by atoms with E-state index in [0.717, 1.165) is 16.2 Å². The number of carbonyl (C=O) groups excluding carboxylic acids is 10. The van der Waals surface area contributed by atoms with E-state index in [4.69, 9.17) is 14.6 Å². The van der Waals surface area contributed by atoms with Crippen molar-refractivity contribution >= 4 is 88.2 Å². The fraction of sp³-hybridized carbons (Fsp3) is 0.689. The van der Waals surface area contributed by atoms with Crippen molar-refractivity contribution in [1.82, 2.24) is 56.6 Å². The number of nitrogens with one attached hydrogen (secondary N) is 6. The second kappa shape index (κ2) is 38.8. The van der Waals surface area contributed by atoms with Gasteiger partial charge in [-0.05, 0) is 104 Å². The highest BCUT2D eigenvalue weighted by Gasteiger charge is 2.41. The Hall–Kier alpha value is -6.62. The number of carboxylic acids is 1. The number of imide groups is 1. The van der Waals surface area contributed by atoms with Crippen LogP contribution in [0.3, 0.4) is 0 Å². The van der Waals surface area contributed by atoms with Gasteiger partial charge in [-0.2, -0.15) is 11.8 Å². The normalized spacial score (nSPS) is 16.1. The molecule has 26 nitrogen and oxygen atoms in total. The molecule has 2 aromatic heterocycles. The third-order valence-corrected chi connectivity index (χ3v) is 17.6. The van der Waals surface area contributed by atoms with Crippen molar-refractivity contribution in [2.75, 3.05) is 66.4 Å². The van der Waals surface area contributed by atoms with Crippen LogP contribution in [0.25, 0.3) is 0 Å². The van der Waals surface area contributed by atoms with E-state index in [1.165, 1.54) is 31.0 Å². The number of likely N-dealkylation sites (N-methyl/N-ethyl adjacent to an activating group) is 1. The number of aliphatic hydroxyl groups is 1. The molecule has 8 N–H and O–H groups in total. The first-order valence-electron chi connectivity index (χ1n) is 30.6. The molecule has 0 saturated carbocycles. The Bertz CT molecular complexity index is 2660. The Morgan fingerprint density at radius 2 is 1.58 bits per heavy atom. The Morgan fingerprint density at radius 3 is 2.19 bits per heavy atom. The van der Waals surface area contributed by atoms with E-state index < -0.39 is 100 Å². The number of thiazole rings is 1. The number of esters is 1. The van der Waals surface area contributed by atoms with Gasteiger partial charge in [-0.15, -0.1) is 11.3 Å². The average Bonchev–Trinajstić information content (AvgIpc) is 2.10. The smallest absolute Gasteiger partial charge is 0.306 e. The first-order chi connectivity index (χ1) is 42.1. The van der Waals surface area contributed by atoms with Crippen LogP contribution in [0, 0.1) is 17.8 Å². The lowest BCUT2D eigenvalue weighted by atomic mass is 9.91. The largest absolute Gasteiger partial charge is 0.481 e. The first kappa shape index (κ1) is 76.6. The molecule has 0 radical (unpaired) electrons. The number of aromatic nitrogens is 2. The molecule has 89 heavy (non-hydrogen) atoms. The molecule has 9 amide bonds. The van der Waals surface area contributed by atoms with Crippen LogP contribution in [-0.4, -0.2) is 207 Å². The zero-order valence-corrected chi connectivity index (χ0v) is 55.5. The number of pyridine rings is 1. The number of hydrogen-bond donors (Lipinski definition) is 8. The van der Waals surface area contributed by atoms with Crippen LogP contribution in [0.15, 0.2) is 29.8 Å². The first-order valence-corrected chi connectivity index (χ1v) is 32.8. The maximum atomic E-state index is 15.3. The highest BCUT2D eigenvalue weighted by atomic mass is 32.2. The minimum atomic E-state index is -1.12. The summed E-state index contributed by atoms with van der Waals surface area (Å²) in [5.41, 5.74) is -0.380. The molecule has 0 aliphatic carbocycles. The van der Waals surface area contributed by atoms with Crippen LogP contribution in [-0.2, 0) is 63.8 Å². The maximum Gasteiger partial charge on any atom is 0.306 e. The van der Waals surface area contributed by atoms with Gasteiger partial charge in [-0.25, -0.2) is 4.98 Å². The van der Waals surface area contributed by atoms with Crippen LogP contribution < -0.4 is 31.9 Å². The molecule has 1 aliphatic rings. The van der Waals surface area contributed by atoms with Gasteiger partial charge in [-0.3, -0.25) is 67.5 Å². The van der Waals surface area contributed by atoms with E-state index in [9.17, 15) is 53.1 Å². The number of carboxylic acid groups (broad SMARTS) is 1. The molecular weight excluding hydrogens is 1190 g/mol. The van der Waals surface area contributed by atoms with Gasteiger partial charge >= 0.3 is 11.9 Å². The summed E-state index contributed by atoms with van der Waals surface area (Å²) >= 11 is 2.35. The van der Waals surface area contributed by atoms with Crippen LogP contribution in [0.4, 0.5) is 0 Å². The number of hydrogen-bond acceptors (Lipinski definition) is 19. The highest BCUT2D eigenvalue weighted by Crippen LogP contribution is 2.32. The number of nitrogens with zero attached hydrogens (tertiary/aromatic N) is 5. The number of rotatable bonds is 42. The second-order valence-corrected chi connectivity index (χ2v) is 25.5. The van der Waals surface area contributed by atoms with Crippen molar-refractivity contribution in [2.45, 2.75) is 186 Å². The van der Waals surface area contributed by atoms with Crippen LogP contribution in [0.5, 0.6) is 0 Å². The summed E-state index contributed by atoms with van der Waals surface area (Å²) in [6.07, 6.45) is 4.47. The van der Waals surface area contributed by atoms with E-state index in [1.807, 2.05) is 27.7 Å². The molecule has 3 heterocycles. The topological polar surface area (TPSA) is 354 Å². The number of aliphatic carboxylic acids is 1. The van der Waals surface area contributed by atoms with E-state index in [1.54, 1.807) is 75.3 Å². The van der Waals surface area contributed by atoms with E-state index in [2.05, 4.69) is 41.9 Å². The van der Waals surface area contributed by atoms with Crippen molar-refractivity contribution in [3.63, 3.8) is 0 Å². The van der Waals surface area contributed by atoms with Crippen molar-refractivity contribution in [3.05, 3.63) is 46.2 Å². The molecular formula is C61H97N11O15S2. The predicted octanol–water partition coefficient (Wildman–Crippen LogP) is 3.16. The van der Waals surface area contributed by atoms with Gasteiger partial charge in [0.05, 0.1) is 36.5 Å². The van der Waals surface area contributed by atoms with Gasteiger partial charge in [0.1, 0.15) is 28.8 Å². The van der Waals surface area contributed by atoms with E-state index in [-0.39, 0.29) is 144 Å². The lowest BCUT2D eigenvalue weighted by Gasteiger charge is -2.40.